The van der Waals surface area contributed by atoms with Gasteiger partial charge in [-0.15, -0.1) is 11.3 Å². The number of aryl methyl sites for hydroxylation is 1. The number of aromatic amines is 2. The van der Waals surface area contributed by atoms with Crippen molar-refractivity contribution in [3.63, 3.8) is 0 Å². The highest BCUT2D eigenvalue weighted by Gasteiger charge is 2.18. The van der Waals surface area contributed by atoms with Crippen LogP contribution in [0.25, 0.3) is 28.0 Å². The second kappa shape index (κ2) is 9.40. The zero-order chi connectivity index (χ0) is 23.7. The maximum absolute atomic E-state index is 14.1. The van der Waals surface area contributed by atoms with E-state index in [4.69, 9.17) is 5.41 Å². The molecule has 176 valence electrons. The number of hydrogen-bond acceptors (Lipinski definition) is 6. The third-order valence-electron chi connectivity index (χ3n) is 5.96. The van der Waals surface area contributed by atoms with E-state index < -0.39 is 0 Å². The van der Waals surface area contributed by atoms with Crippen LogP contribution in [0, 0.1) is 18.2 Å². The molecule has 1 fully saturated rings. The third-order valence-corrected chi connectivity index (χ3v) is 6.82. The van der Waals surface area contributed by atoms with Crippen molar-refractivity contribution >= 4 is 33.9 Å². The van der Waals surface area contributed by atoms with Gasteiger partial charge in [0.2, 0.25) is 0 Å². The van der Waals surface area contributed by atoms with Crippen LogP contribution in [0.15, 0.2) is 41.9 Å². The van der Waals surface area contributed by atoms with Gasteiger partial charge in [-0.05, 0) is 32.2 Å². The molecule has 5 rings (SSSR count). The highest BCUT2D eigenvalue weighted by atomic mass is 32.1. The summed E-state index contributed by atoms with van der Waals surface area (Å²) >= 11 is 1.69. The van der Waals surface area contributed by atoms with E-state index in [-0.39, 0.29) is 5.82 Å². The second-order valence-electron chi connectivity index (χ2n) is 8.50. The molecule has 0 amide bonds. The number of nitrogens with zero attached hydrogens (tertiary/aromatic N) is 4. The quantitative estimate of drug-likeness (QED) is 0.249. The molecule has 0 bridgehead atoms. The molecule has 1 saturated heterocycles. The molecule has 1 aliphatic heterocycles. The van der Waals surface area contributed by atoms with Gasteiger partial charge in [0.25, 0.3) is 0 Å². The molecule has 4 N–H and O–H groups in total. The van der Waals surface area contributed by atoms with Crippen molar-refractivity contribution < 1.29 is 4.39 Å². The molecule has 8 nitrogen and oxygen atoms in total. The first-order chi connectivity index (χ1) is 16.5. The van der Waals surface area contributed by atoms with E-state index in [9.17, 15) is 4.39 Å². The Hall–Kier alpha value is -3.50. The lowest BCUT2D eigenvalue weighted by molar-refractivity contribution is 0.215. The molecule has 0 spiro atoms. The molecule has 0 atom stereocenters. The van der Waals surface area contributed by atoms with Crippen LogP contribution in [-0.4, -0.2) is 68.8 Å². The number of para-hydroxylation sites is 1. The zero-order valence-electron chi connectivity index (χ0n) is 19.2. The van der Waals surface area contributed by atoms with Gasteiger partial charge in [-0.3, -0.25) is 5.41 Å². The van der Waals surface area contributed by atoms with Crippen LogP contribution in [0.2, 0.25) is 0 Å². The summed E-state index contributed by atoms with van der Waals surface area (Å²) in [6.45, 7) is 5.87. The van der Waals surface area contributed by atoms with Gasteiger partial charge in [0, 0.05) is 48.1 Å². The van der Waals surface area contributed by atoms with E-state index in [1.807, 2.05) is 6.20 Å². The largest absolute Gasteiger partial charge is 0.375 e. The first kappa shape index (κ1) is 22.3. The minimum atomic E-state index is -0.352. The van der Waals surface area contributed by atoms with Gasteiger partial charge in [0.05, 0.1) is 29.6 Å². The fraction of sp³-hybridized carbons (Fsp3) is 0.292. The average Bonchev–Trinajstić information content (AvgIpc) is 3.57. The fourth-order valence-corrected chi connectivity index (χ4v) is 4.68. The van der Waals surface area contributed by atoms with Crippen molar-refractivity contribution in [2.45, 2.75) is 13.5 Å². The number of imidazole rings is 2. The summed E-state index contributed by atoms with van der Waals surface area (Å²) in [5, 5.41) is 14.1. The number of thiophene rings is 1. The Balaban J connectivity index is 1.41. The number of piperazine rings is 1. The third kappa shape index (κ3) is 4.73. The van der Waals surface area contributed by atoms with E-state index in [1.165, 1.54) is 10.9 Å². The number of H-pyrrole nitrogens is 2. The number of amidine groups is 1. The number of halogens is 1. The molecular weight excluding hydrogens is 451 g/mol. The van der Waals surface area contributed by atoms with Crippen LogP contribution in [0.4, 0.5) is 4.39 Å². The molecule has 3 aromatic heterocycles. The maximum atomic E-state index is 14.1. The van der Waals surface area contributed by atoms with Crippen molar-refractivity contribution in [2.24, 2.45) is 0 Å². The van der Waals surface area contributed by atoms with E-state index in [1.54, 1.807) is 29.5 Å². The minimum Gasteiger partial charge on any atom is -0.375 e. The number of rotatable bonds is 6. The van der Waals surface area contributed by atoms with Gasteiger partial charge in [0.15, 0.2) is 11.6 Å². The fourth-order valence-electron chi connectivity index (χ4n) is 3.98. The Labute approximate surface area is 201 Å². The summed E-state index contributed by atoms with van der Waals surface area (Å²) in [6.07, 6.45) is 3.61. The molecule has 10 heteroatoms. The average molecular weight is 479 g/mol. The van der Waals surface area contributed by atoms with Crippen LogP contribution in [0.5, 0.6) is 0 Å². The smallest absolute Gasteiger partial charge is 0.154 e. The summed E-state index contributed by atoms with van der Waals surface area (Å²) in [5.41, 5.74) is 3.67. The van der Waals surface area contributed by atoms with E-state index in [0.717, 1.165) is 37.4 Å². The SMILES string of the molecule is Cc1cc(-c2cnc(/C(=C\C(=N)N3CCN(C)CC3)NCc3nc4c(F)cccc4[nH]3)[nH]2)cs1. The Bertz CT molecular complexity index is 1340. The highest BCUT2D eigenvalue weighted by molar-refractivity contribution is 7.10. The van der Waals surface area contributed by atoms with Crippen LogP contribution in [0.3, 0.4) is 0 Å². The van der Waals surface area contributed by atoms with Gasteiger partial charge in [-0.2, -0.15) is 0 Å². The Kier molecular flexibility index (Phi) is 6.16. The van der Waals surface area contributed by atoms with Crippen molar-refractivity contribution in [3.8, 4) is 11.3 Å². The highest BCUT2D eigenvalue weighted by Crippen LogP contribution is 2.25. The van der Waals surface area contributed by atoms with Crippen LogP contribution < -0.4 is 5.32 Å². The van der Waals surface area contributed by atoms with Gasteiger partial charge in [-0.25, -0.2) is 14.4 Å². The van der Waals surface area contributed by atoms with Crippen LogP contribution in [0.1, 0.15) is 16.5 Å². The molecule has 0 unspecified atom stereocenters. The number of likely N-dealkylation sites (N-methyl/N-ethyl adjacent to an activating group) is 1. The summed E-state index contributed by atoms with van der Waals surface area (Å²) in [5.74, 6) is 1.32. The predicted octanol–water partition coefficient (Wildman–Crippen LogP) is 3.82. The molecule has 4 aromatic rings. The van der Waals surface area contributed by atoms with Crippen LogP contribution in [-0.2, 0) is 6.54 Å². The lowest BCUT2D eigenvalue weighted by Gasteiger charge is -2.33. The molecule has 0 aliphatic carbocycles. The predicted molar refractivity (Wildman–Crippen MR) is 134 cm³/mol. The number of aromatic nitrogens is 4. The minimum absolute atomic E-state index is 0.322. The van der Waals surface area contributed by atoms with Gasteiger partial charge >= 0.3 is 0 Å². The van der Waals surface area contributed by atoms with E-state index in [0.29, 0.717) is 40.8 Å². The summed E-state index contributed by atoms with van der Waals surface area (Å²) in [4.78, 5) is 21.1. The molecule has 1 aromatic carbocycles. The molecule has 0 saturated carbocycles. The Morgan fingerprint density at radius 1 is 1.26 bits per heavy atom. The van der Waals surface area contributed by atoms with Crippen molar-refractivity contribution in [3.05, 3.63) is 64.3 Å². The molecule has 1 aliphatic rings. The number of hydrogen-bond donors (Lipinski definition) is 4. The molecule has 0 radical (unpaired) electrons. The standard InChI is InChI=1S/C24H27FN8S/c1-15-10-16(14-34-15)20-12-28-24(30-20)19(11-21(26)33-8-6-32(2)7-9-33)27-13-22-29-18-5-3-4-17(25)23(18)31-22/h3-5,10-12,14,26-27H,6-9,13H2,1-2H3,(H,28,30)(H,29,31)/b19-11+,26-21?. The zero-order valence-corrected chi connectivity index (χ0v) is 20.0. The van der Waals surface area contributed by atoms with E-state index in [2.05, 4.69) is 60.5 Å². The van der Waals surface area contributed by atoms with Crippen molar-refractivity contribution in [1.29, 1.82) is 5.41 Å². The summed E-state index contributed by atoms with van der Waals surface area (Å²) in [6, 6.07) is 6.98. The van der Waals surface area contributed by atoms with Gasteiger partial charge < -0.3 is 25.1 Å². The molecular formula is C24H27FN8S. The maximum Gasteiger partial charge on any atom is 0.154 e. The summed E-state index contributed by atoms with van der Waals surface area (Å²) < 4.78 is 14.1. The van der Waals surface area contributed by atoms with E-state index >= 15 is 0 Å². The molecule has 34 heavy (non-hydrogen) atoms. The van der Waals surface area contributed by atoms with Crippen molar-refractivity contribution in [2.75, 3.05) is 33.2 Å². The Morgan fingerprint density at radius 3 is 2.82 bits per heavy atom. The normalized spacial score (nSPS) is 15.3. The second-order valence-corrected chi connectivity index (χ2v) is 9.61. The van der Waals surface area contributed by atoms with Crippen molar-refractivity contribution in [1.82, 2.24) is 35.1 Å². The lowest BCUT2D eigenvalue weighted by atomic mass is 10.2. The van der Waals surface area contributed by atoms with Gasteiger partial charge in [-0.1, -0.05) is 6.07 Å². The lowest BCUT2D eigenvalue weighted by Crippen LogP contribution is -2.46. The molecule has 4 heterocycles. The Morgan fingerprint density at radius 2 is 2.09 bits per heavy atom. The van der Waals surface area contributed by atoms with Crippen LogP contribution >= 0.6 is 11.3 Å². The first-order valence-corrected chi connectivity index (χ1v) is 12.1. The monoisotopic (exact) mass is 478 g/mol. The summed E-state index contributed by atoms with van der Waals surface area (Å²) in [7, 11) is 2.09. The number of benzene rings is 1. The first-order valence-electron chi connectivity index (χ1n) is 11.2. The number of nitrogens with one attached hydrogen (secondary N) is 4. The number of fused-ring (bicyclic) bond motifs is 1. The topological polar surface area (TPSA) is 99.7 Å². The van der Waals surface area contributed by atoms with Gasteiger partial charge in [0.1, 0.15) is 17.2 Å².